The molecule has 4 aromatic rings. The Hall–Kier alpha value is -6.02. The second-order valence-electron chi connectivity index (χ2n) is 13.3. The molecular weight excluding hydrogens is 723 g/mol. The minimum absolute atomic E-state index is 0.0397. The smallest absolute Gasteiger partial charge is 0.326 e. The number of rotatable bonds is 11. The van der Waals surface area contributed by atoms with Gasteiger partial charge in [0.1, 0.15) is 29.9 Å². The van der Waals surface area contributed by atoms with Crippen LogP contribution < -0.4 is 31.3 Å². The van der Waals surface area contributed by atoms with Gasteiger partial charge >= 0.3 is 5.97 Å². The number of carbonyl (C=O) groups excluding carboxylic acids is 5. The number of aliphatic carboxylic acids is 1. The number of carboxylic acid groups (broad SMARTS) is 1. The van der Waals surface area contributed by atoms with Gasteiger partial charge in [-0.1, -0.05) is 72.8 Å². The summed E-state index contributed by atoms with van der Waals surface area (Å²) in [5.74, 6) is -3.69. The summed E-state index contributed by atoms with van der Waals surface area (Å²) >= 11 is 1.42. The van der Waals surface area contributed by atoms with Gasteiger partial charge in [0.05, 0.1) is 0 Å². The van der Waals surface area contributed by atoms with Gasteiger partial charge in [-0.05, 0) is 65.1 Å². The highest BCUT2D eigenvalue weighted by molar-refractivity contribution is 7.09. The average molecular weight is 768 g/mol. The third-order valence-electron chi connectivity index (χ3n) is 9.05. The molecule has 0 radical (unpaired) electrons. The van der Waals surface area contributed by atoms with Gasteiger partial charge in [0.25, 0.3) is 5.91 Å². The minimum atomic E-state index is -1.33. The van der Waals surface area contributed by atoms with Gasteiger partial charge in [-0.15, -0.1) is 11.3 Å². The monoisotopic (exact) mass is 767 g/mol. The van der Waals surface area contributed by atoms with Gasteiger partial charge in [0.15, 0.2) is 6.61 Å². The molecule has 0 spiro atoms. The van der Waals surface area contributed by atoms with Crippen molar-refractivity contribution in [2.75, 3.05) is 13.2 Å². The average Bonchev–Trinajstić information content (AvgIpc) is 3.69. The van der Waals surface area contributed by atoms with E-state index < -0.39 is 60.4 Å². The molecule has 6 N–H and O–H groups in total. The number of carboxylic acids is 1. The summed E-state index contributed by atoms with van der Waals surface area (Å²) in [5.41, 5.74) is 3.27. The Bertz CT molecular complexity index is 1920. The molecule has 3 heterocycles. The number of hydrogen-bond acceptors (Lipinski definition) is 8. The number of nitrogens with one attached hydrogen (secondary N) is 5. The standard InChI is InChI=1S/C41H45N5O8S/c1-26(47)42-20-6-5-11-33-38(49)46-36(41(52)53)23-28-14-18-31(19-15-28)54-25-37(48)43-35(24-32-10-7-21-55-32)40(51)45-34(39(50)44-33)22-27-12-16-30(17-13-27)29-8-3-2-4-9-29/h2-4,7-10,12-19,21,33-36H,5-6,11,20,22-25H2,1H3,(H,42,47)(H,43,48)(H,44,50)(H,45,51)(H,46,49)(H,52,53)/t33-,34+,35-,36-/m0/s1. The number of benzene rings is 3. The summed E-state index contributed by atoms with van der Waals surface area (Å²) < 4.78 is 5.67. The van der Waals surface area contributed by atoms with Crippen molar-refractivity contribution in [1.82, 2.24) is 26.6 Å². The Morgan fingerprint density at radius 2 is 1.40 bits per heavy atom. The van der Waals surface area contributed by atoms with Crippen LogP contribution in [0.1, 0.15) is 42.2 Å². The molecule has 5 amide bonds. The van der Waals surface area contributed by atoms with E-state index in [-0.39, 0.29) is 31.6 Å². The van der Waals surface area contributed by atoms with Crippen LogP contribution in [0.2, 0.25) is 0 Å². The third-order valence-corrected chi connectivity index (χ3v) is 9.94. The lowest BCUT2D eigenvalue weighted by atomic mass is 9.99. The Kier molecular flexibility index (Phi) is 14.5. The normalized spacial score (nSPS) is 19.7. The minimum Gasteiger partial charge on any atom is -0.484 e. The fraction of sp³-hybridized carbons (Fsp3) is 0.317. The van der Waals surface area contributed by atoms with Crippen LogP contribution in [0.15, 0.2) is 96.4 Å². The van der Waals surface area contributed by atoms with Crippen LogP contribution in [0.4, 0.5) is 0 Å². The highest BCUT2D eigenvalue weighted by Crippen LogP contribution is 2.21. The lowest BCUT2D eigenvalue weighted by molar-refractivity contribution is -0.142. The second kappa shape index (κ2) is 19.9. The topological polar surface area (TPSA) is 192 Å². The van der Waals surface area contributed by atoms with E-state index in [0.29, 0.717) is 30.7 Å². The van der Waals surface area contributed by atoms with Crippen molar-refractivity contribution < 1.29 is 38.6 Å². The van der Waals surface area contributed by atoms with Crippen LogP contribution in [0.3, 0.4) is 0 Å². The molecule has 2 bridgehead atoms. The number of carbonyl (C=O) groups is 6. The molecular formula is C41H45N5O8S. The van der Waals surface area contributed by atoms with Crippen LogP contribution >= 0.6 is 11.3 Å². The van der Waals surface area contributed by atoms with Gasteiger partial charge in [-0.2, -0.15) is 0 Å². The van der Waals surface area contributed by atoms with Crippen LogP contribution in [0, 0.1) is 0 Å². The maximum Gasteiger partial charge on any atom is 0.326 e. The maximum absolute atomic E-state index is 14.2. The fourth-order valence-corrected chi connectivity index (χ4v) is 6.87. The number of hydrogen-bond donors (Lipinski definition) is 6. The van der Waals surface area contributed by atoms with Crippen molar-refractivity contribution in [1.29, 1.82) is 0 Å². The molecule has 2 aliphatic heterocycles. The highest BCUT2D eigenvalue weighted by atomic mass is 32.1. The molecule has 4 atom stereocenters. The number of unbranched alkanes of at least 4 members (excludes halogenated alkanes) is 1. The molecule has 1 aromatic heterocycles. The summed E-state index contributed by atoms with van der Waals surface area (Å²) in [5, 5.41) is 25.6. The second-order valence-corrected chi connectivity index (χ2v) is 14.3. The van der Waals surface area contributed by atoms with Crippen molar-refractivity contribution in [3.05, 3.63) is 112 Å². The Morgan fingerprint density at radius 3 is 2.05 bits per heavy atom. The molecule has 0 fully saturated rings. The third kappa shape index (κ3) is 12.5. The first kappa shape index (κ1) is 40.2. The summed E-state index contributed by atoms with van der Waals surface area (Å²) in [6.45, 7) is 1.35. The molecule has 3 aromatic carbocycles. The molecule has 0 saturated heterocycles. The number of ether oxygens (including phenoxy) is 1. The quantitative estimate of drug-likeness (QED) is 0.0991. The van der Waals surface area contributed by atoms with E-state index in [9.17, 15) is 33.9 Å². The van der Waals surface area contributed by atoms with E-state index in [0.717, 1.165) is 21.6 Å². The van der Waals surface area contributed by atoms with Crippen LogP contribution in [0.5, 0.6) is 5.75 Å². The molecule has 288 valence electrons. The van der Waals surface area contributed by atoms with Crippen molar-refractivity contribution in [3.63, 3.8) is 0 Å². The van der Waals surface area contributed by atoms with Gasteiger partial charge in [0, 0.05) is 37.6 Å². The van der Waals surface area contributed by atoms with Crippen molar-refractivity contribution >= 4 is 46.8 Å². The van der Waals surface area contributed by atoms with Gasteiger partial charge in [-0.25, -0.2) is 4.79 Å². The van der Waals surface area contributed by atoms with E-state index in [4.69, 9.17) is 4.74 Å². The van der Waals surface area contributed by atoms with Crippen LogP contribution in [-0.2, 0) is 48.0 Å². The zero-order chi connectivity index (χ0) is 39.2. The van der Waals surface area contributed by atoms with Gasteiger partial charge in [-0.3, -0.25) is 24.0 Å². The first-order chi connectivity index (χ1) is 26.5. The molecule has 2 aliphatic rings. The maximum atomic E-state index is 14.2. The van der Waals surface area contributed by atoms with E-state index in [1.54, 1.807) is 24.3 Å². The molecule has 14 heteroatoms. The lowest BCUT2D eigenvalue weighted by Crippen LogP contribution is -2.58. The number of thiophene rings is 1. The first-order valence-electron chi connectivity index (χ1n) is 18.1. The van der Waals surface area contributed by atoms with Crippen molar-refractivity contribution in [2.24, 2.45) is 0 Å². The molecule has 55 heavy (non-hydrogen) atoms. The first-order valence-corrected chi connectivity index (χ1v) is 19.0. The van der Waals surface area contributed by atoms with E-state index in [2.05, 4.69) is 26.6 Å². The zero-order valence-corrected chi connectivity index (χ0v) is 31.2. The summed E-state index contributed by atoms with van der Waals surface area (Å²) in [7, 11) is 0. The number of amides is 5. The van der Waals surface area contributed by atoms with E-state index in [1.165, 1.54) is 18.3 Å². The SMILES string of the molecule is CC(=O)NCCCC[C@@H]1NC(=O)[C@@H](Cc2ccc(-c3ccccc3)cc2)NC(=O)[C@H](Cc2cccs2)NC(=O)COc2ccc(cc2)C[C@@H](C(=O)O)NC1=O. The zero-order valence-electron chi connectivity index (χ0n) is 30.4. The molecule has 0 unspecified atom stereocenters. The highest BCUT2D eigenvalue weighted by Gasteiger charge is 2.32. The predicted octanol–water partition coefficient (Wildman–Crippen LogP) is 3.17. The van der Waals surface area contributed by atoms with Crippen molar-refractivity contribution in [3.8, 4) is 16.9 Å². The lowest BCUT2D eigenvalue weighted by Gasteiger charge is -2.26. The Labute approximate surface area is 323 Å². The molecule has 6 rings (SSSR count). The summed E-state index contributed by atoms with van der Waals surface area (Å²) in [4.78, 5) is 79.8. The molecule has 0 saturated carbocycles. The van der Waals surface area contributed by atoms with Gasteiger partial charge in [0.2, 0.25) is 23.6 Å². The summed E-state index contributed by atoms with van der Waals surface area (Å²) in [6.07, 6.45) is 1.16. The van der Waals surface area contributed by atoms with E-state index in [1.807, 2.05) is 72.1 Å². The Morgan fingerprint density at radius 1 is 0.745 bits per heavy atom. The molecule has 13 nitrogen and oxygen atoms in total. The van der Waals surface area contributed by atoms with Gasteiger partial charge < -0.3 is 36.4 Å². The summed E-state index contributed by atoms with van der Waals surface area (Å²) in [6, 6.07) is 22.6. The fourth-order valence-electron chi connectivity index (χ4n) is 6.11. The van der Waals surface area contributed by atoms with Crippen LogP contribution in [-0.4, -0.2) is 77.9 Å². The Balaban J connectivity index is 1.46. The van der Waals surface area contributed by atoms with E-state index >= 15 is 0 Å². The van der Waals surface area contributed by atoms with Crippen molar-refractivity contribution in [2.45, 2.75) is 69.6 Å². The molecule has 0 aliphatic carbocycles. The predicted molar refractivity (Wildman–Crippen MR) is 207 cm³/mol. The number of fused-ring (bicyclic) bond motifs is 16. The largest absolute Gasteiger partial charge is 0.484 e. The van der Waals surface area contributed by atoms with Crippen LogP contribution in [0.25, 0.3) is 11.1 Å².